The van der Waals surface area contributed by atoms with Crippen LogP contribution in [0.3, 0.4) is 0 Å². The normalized spacial score (nSPS) is 30.8. The fourth-order valence-corrected chi connectivity index (χ4v) is 7.16. The van der Waals surface area contributed by atoms with Crippen molar-refractivity contribution in [2.45, 2.75) is 88.6 Å². The van der Waals surface area contributed by atoms with Gasteiger partial charge >= 0.3 is 5.97 Å². The van der Waals surface area contributed by atoms with E-state index in [1.54, 1.807) is 15.9 Å². The molecular weight excluding hydrogens is 574 g/mol. The summed E-state index contributed by atoms with van der Waals surface area (Å²) in [5.41, 5.74) is -0.526. The van der Waals surface area contributed by atoms with Crippen LogP contribution in [0.2, 0.25) is 0 Å². The Bertz CT molecular complexity index is 1270. The molecule has 2 N–H and O–H groups in total. The zero-order valence-corrected chi connectivity index (χ0v) is 26.3. The zero-order valence-electron chi connectivity index (χ0n) is 26.3. The van der Waals surface area contributed by atoms with E-state index in [0.717, 1.165) is 37.7 Å². The van der Waals surface area contributed by atoms with Crippen LogP contribution in [-0.2, 0) is 28.7 Å². The number of ether oxygens (including phenoxy) is 2. The molecule has 10 nitrogen and oxygen atoms in total. The van der Waals surface area contributed by atoms with Gasteiger partial charge in [0.2, 0.25) is 17.7 Å². The van der Waals surface area contributed by atoms with Gasteiger partial charge in [0, 0.05) is 32.7 Å². The fourth-order valence-electron chi connectivity index (χ4n) is 7.16. The molecule has 10 heteroatoms. The highest BCUT2D eigenvalue weighted by molar-refractivity contribution is 5.99. The number of hydrogen-bond acceptors (Lipinski definition) is 7. The van der Waals surface area contributed by atoms with Gasteiger partial charge in [-0.2, -0.15) is 0 Å². The summed E-state index contributed by atoms with van der Waals surface area (Å²) in [6, 6.07) is 8.34. The Hall–Kier alpha value is -3.50. The number of benzene rings is 1. The summed E-state index contributed by atoms with van der Waals surface area (Å²) in [4.78, 5) is 59.0. The molecule has 5 bridgehead atoms. The number of unbranched alkanes of at least 4 members (excludes halogenated alkanes) is 5. The SMILES string of the molecule is CCCCCN1C/C=C\CCC(=O)NC[C@@H](c2ccccc2)OC(=O)[C@@H]2[C@@H]3C=C[C@]4(O3)[C@H](C1=O)N(CCCCCCO)C(=O)[C@@H]24. The van der Waals surface area contributed by atoms with E-state index in [-0.39, 0.29) is 37.3 Å². The molecule has 5 rings (SSSR count). The number of esters is 1. The van der Waals surface area contributed by atoms with E-state index >= 15 is 0 Å². The van der Waals surface area contributed by atoms with Crippen LogP contribution in [0, 0.1) is 11.8 Å². The van der Waals surface area contributed by atoms with Crippen molar-refractivity contribution in [3.05, 3.63) is 60.2 Å². The third-order valence-electron chi connectivity index (χ3n) is 9.48. The number of fused-ring (bicyclic) bond motifs is 2. The quantitative estimate of drug-likeness (QED) is 0.220. The first kappa shape index (κ1) is 32.9. The van der Waals surface area contributed by atoms with Crippen molar-refractivity contribution >= 4 is 23.7 Å². The number of nitrogens with one attached hydrogen (secondary N) is 1. The number of likely N-dealkylation sites (tertiary alicyclic amines) is 1. The molecule has 0 saturated carbocycles. The number of cyclic esters (lactones) is 1. The summed E-state index contributed by atoms with van der Waals surface area (Å²) < 4.78 is 12.6. The number of aliphatic hydroxyl groups is 1. The van der Waals surface area contributed by atoms with Crippen LogP contribution in [0.4, 0.5) is 0 Å². The number of rotatable bonds is 11. The molecule has 1 aromatic carbocycles. The predicted molar refractivity (Wildman–Crippen MR) is 168 cm³/mol. The topological polar surface area (TPSA) is 125 Å². The van der Waals surface area contributed by atoms with Crippen molar-refractivity contribution in [2.75, 3.05) is 32.8 Å². The molecule has 1 spiro atoms. The molecule has 244 valence electrons. The maximum atomic E-state index is 14.5. The standard InChI is InChI=1S/C35H47N3O7/c1-2-3-11-20-37-21-12-7-10-17-28(40)36-24-27(25-15-8-6-9-16-25)44-34(43)29-26-18-19-35(45-26)30(29)32(41)38(31(35)33(37)42)22-13-4-5-14-23-39/h6-9,12,15-16,18-19,26-27,29-31,39H,2-5,10-11,13-14,17,20-24H2,1H3,(H,36,40)/b12-7-/t26-,27-,29+,30+,31-,35+/m0/s1. The van der Waals surface area contributed by atoms with Crippen LogP contribution in [0.15, 0.2) is 54.6 Å². The first-order valence-corrected chi connectivity index (χ1v) is 16.7. The lowest BCUT2D eigenvalue weighted by molar-refractivity contribution is -0.159. The molecule has 6 atom stereocenters. The monoisotopic (exact) mass is 621 g/mol. The Balaban J connectivity index is 1.50. The van der Waals surface area contributed by atoms with Crippen LogP contribution >= 0.6 is 0 Å². The van der Waals surface area contributed by atoms with Crippen molar-refractivity contribution in [1.29, 1.82) is 0 Å². The number of aliphatic hydroxyl groups excluding tert-OH is 1. The summed E-state index contributed by atoms with van der Waals surface area (Å²) in [6.45, 7) is 3.58. The van der Waals surface area contributed by atoms with Crippen LogP contribution in [0.25, 0.3) is 0 Å². The second-order valence-corrected chi connectivity index (χ2v) is 12.5. The highest BCUT2D eigenvalue weighted by atomic mass is 16.6. The molecule has 4 aliphatic heterocycles. The fraction of sp³-hybridized carbons (Fsp3) is 0.600. The summed E-state index contributed by atoms with van der Waals surface area (Å²) in [5.74, 6) is -2.99. The second-order valence-electron chi connectivity index (χ2n) is 12.5. The Morgan fingerprint density at radius 1 is 0.956 bits per heavy atom. The van der Waals surface area contributed by atoms with Crippen molar-refractivity contribution in [2.24, 2.45) is 11.8 Å². The van der Waals surface area contributed by atoms with E-state index in [9.17, 15) is 24.3 Å². The minimum absolute atomic E-state index is 0.0996. The molecule has 3 amide bonds. The molecule has 0 radical (unpaired) electrons. The molecule has 1 aromatic rings. The molecule has 4 aliphatic rings. The molecular formula is C35H47N3O7. The largest absolute Gasteiger partial charge is 0.455 e. The lowest BCUT2D eigenvalue weighted by atomic mass is 9.74. The van der Waals surface area contributed by atoms with Gasteiger partial charge in [-0.1, -0.05) is 87.2 Å². The number of carbonyl (C=O) groups excluding carboxylic acids is 4. The Kier molecular flexibility index (Phi) is 11.1. The number of nitrogens with zero attached hydrogens (tertiary/aromatic N) is 2. The van der Waals surface area contributed by atoms with E-state index < -0.39 is 41.7 Å². The third-order valence-corrected chi connectivity index (χ3v) is 9.48. The Morgan fingerprint density at radius 3 is 2.51 bits per heavy atom. The van der Waals surface area contributed by atoms with E-state index in [1.807, 2.05) is 48.6 Å². The minimum Gasteiger partial charge on any atom is -0.455 e. The average Bonchev–Trinajstić information content (AvgIpc) is 3.69. The molecule has 0 aromatic heterocycles. The average molecular weight is 622 g/mol. The minimum atomic E-state index is -1.26. The predicted octanol–water partition coefficient (Wildman–Crippen LogP) is 3.46. The van der Waals surface area contributed by atoms with Crippen molar-refractivity contribution in [3.8, 4) is 0 Å². The van der Waals surface area contributed by atoms with Gasteiger partial charge in [-0.15, -0.1) is 0 Å². The summed E-state index contributed by atoms with van der Waals surface area (Å²) >= 11 is 0. The van der Waals surface area contributed by atoms with Gasteiger partial charge in [0.1, 0.15) is 23.7 Å². The van der Waals surface area contributed by atoms with Gasteiger partial charge < -0.3 is 29.7 Å². The number of amides is 3. The van der Waals surface area contributed by atoms with E-state index in [4.69, 9.17) is 9.47 Å². The maximum absolute atomic E-state index is 14.5. The summed E-state index contributed by atoms with van der Waals surface area (Å²) in [6.07, 6.45) is 12.6. The second kappa shape index (κ2) is 15.2. The van der Waals surface area contributed by atoms with Gasteiger partial charge in [0.25, 0.3) is 0 Å². The van der Waals surface area contributed by atoms with Gasteiger partial charge in [-0.25, -0.2) is 0 Å². The number of allylic oxidation sites excluding steroid dienone is 1. The summed E-state index contributed by atoms with van der Waals surface area (Å²) in [7, 11) is 0. The summed E-state index contributed by atoms with van der Waals surface area (Å²) in [5, 5.41) is 12.1. The first-order chi connectivity index (χ1) is 21.9. The van der Waals surface area contributed by atoms with Crippen LogP contribution in [-0.4, -0.2) is 89.1 Å². The van der Waals surface area contributed by atoms with Gasteiger partial charge in [0.05, 0.1) is 18.6 Å². The van der Waals surface area contributed by atoms with Crippen LogP contribution < -0.4 is 5.32 Å². The Morgan fingerprint density at radius 2 is 1.73 bits per heavy atom. The molecule has 2 fully saturated rings. The molecule has 0 unspecified atom stereocenters. The lowest BCUT2D eigenvalue weighted by Gasteiger charge is -2.36. The van der Waals surface area contributed by atoms with Crippen LogP contribution in [0.1, 0.15) is 76.4 Å². The molecule has 0 aliphatic carbocycles. The smallest absolute Gasteiger partial charge is 0.313 e. The van der Waals surface area contributed by atoms with Crippen LogP contribution in [0.5, 0.6) is 0 Å². The van der Waals surface area contributed by atoms with Gasteiger partial charge in [0.15, 0.2) is 0 Å². The van der Waals surface area contributed by atoms with E-state index in [0.29, 0.717) is 38.9 Å². The van der Waals surface area contributed by atoms with Gasteiger partial charge in [-0.05, 0) is 31.2 Å². The van der Waals surface area contributed by atoms with Crippen molar-refractivity contribution < 1.29 is 33.8 Å². The molecule has 45 heavy (non-hydrogen) atoms. The lowest BCUT2D eigenvalue weighted by Crippen LogP contribution is -2.56. The van der Waals surface area contributed by atoms with E-state index in [1.165, 1.54) is 0 Å². The maximum Gasteiger partial charge on any atom is 0.313 e. The van der Waals surface area contributed by atoms with E-state index in [2.05, 4.69) is 12.2 Å². The molecule has 2 saturated heterocycles. The first-order valence-electron chi connectivity index (χ1n) is 16.7. The van der Waals surface area contributed by atoms with Gasteiger partial charge in [-0.3, -0.25) is 19.2 Å². The van der Waals surface area contributed by atoms with Crippen molar-refractivity contribution in [3.63, 3.8) is 0 Å². The molecule has 4 heterocycles. The Labute approximate surface area is 265 Å². The highest BCUT2D eigenvalue weighted by Crippen LogP contribution is 2.56. The van der Waals surface area contributed by atoms with Crippen molar-refractivity contribution in [1.82, 2.24) is 15.1 Å². The number of carbonyl (C=O) groups is 4. The third kappa shape index (κ3) is 7.02. The highest BCUT2D eigenvalue weighted by Gasteiger charge is 2.73. The number of hydrogen-bond donors (Lipinski definition) is 2. The zero-order chi connectivity index (χ0) is 31.8.